The Labute approximate surface area is 250 Å². The van der Waals surface area contributed by atoms with E-state index in [1.54, 1.807) is 17.6 Å². The largest absolute Gasteiger partial charge is 0.489 e. The van der Waals surface area contributed by atoms with Gasteiger partial charge in [0.1, 0.15) is 29.7 Å². The molecule has 0 bridgehead atoms. The van der Waals surface area contributed by atoms with Crippen molar-refractivity contribution in [2.24, 2.45) is 4.99 Å². The predicted molar refractivity (Wildman–Crippen MR) is 171 cm³/mol. The van der Waals surface area contributed by atoms with Gasteiger partial charge in [0.25, 0.3) is 5.91 Å². The van der Waals surface area contributed by atoms with Crippen molar-refractivity contribution in [1.82, 2.24) is 0 Å². The van der Waals surface area contributed by atoms with E-state index in [9.17, 15) is 4.79 Å². The number of para-hydroxylation sites is 1. The van der Waals surface area contributed by atoms with Crippen LogP contribution >= 0.6 is 11.3 Å². The van der Waals surface area contributed by atoms with Gasteiger partial charge in [0.15, 0.2) is 0 Å². The van der Waals surface area contributed by atoms with E-state index in [-0.39, 0.29) is 5.91 Å². The van der Waals surface area contributed by atoms with Crippen molar-refractivity contribution in [2.75, 3.05) is 5.32 Å². The maximum atomic E-state index is 13.5. The van der Waals surface area contributed by atoms with E-state index in [0.717, 1.165) is 58.6 Å². The summed E-state index contributed by atoms with van der Waals surface area (Å²) in [7, 11) is 0. The molecule has 0 radical (unpaired) electrons. The Balaban J connectivity index is 1.29. The van der Waals surface area contributed by atoms with Crippen molar-refractivity contribution in [3.63, 3.8) is 0 Å². The minimum absolute atomic E-state index is 0.113. The number of fused-ring (bicyclic) bond motifs is 1. The van der Waals surface area contributed by atoms with Gasteiger partial charge in [0.05, 0.1) is 5.56 Å². The van der Waals surface area contributed by atoms with Gasteiger partial charge in [0.2, 0.25) is 0 Å². The van der Waals surface area contributed by atoms with Crippen LogP contribution in [-0.4, -0.2) is 12.1 Å². The zero-order valence-corrected chi connectivity index (χ0v) is 24.1. The fraction of sp³-hybridized carbons (Fsp3) is 0.167. The number of aryl methyl sites for hydroxylation is 1. The SMILES string of the molecule is O=C(Nc1ccccc1)c1c(N=Cc2ccc(OCc3ccccc3)cc2OCc2ccccc2)sc2c1CCCC2. The number of hydrogen-bond acceptors (Lipinski definition) is 5. The van der Waals surface area contributed by atoms with Gasteiger partial charge in [-0.2, -0.15) is 0 Å². The number of thiophene rings is 1. The highest BCUT2D eigenvalue weighted by Crippen LogP contribution is 2.40. The fourth-order valence-corrected chi connectivity index (χ4v) is 6.26. The van der Waals surface area contributed by atoms with Gasteiger partial charge >= 0.3 is 0 Å². The lowest BCUT2D eigenvalue weighted by Crippen LogP contribution is -2.14. The first kappa shape index (κ1) is 27.5. The molecule has 5 nitrogen and oxygen atoms in total. The molecule has 1 aromatic heterocycles. The molecule has 5 aromatic rings. The summed E-state index contributed by atoms with van der Waals surface area (Å²) in [6, 6.07) is 35.5. The van der Waals surface area contributed by atoms with Crippen LogP contribution < -0.4 is 14.8 Å². The minimum Gasteiger partial charge on any atom is -0.489 e. The van der Waals surface area contributed by atoms with Crippen LogP contribution in [0.1, 0.15) is 50.3 Å². The van der Waals surface area contributed by atoms with E-state index in [1.165, 1.54) is 4.88 Å². The molecule has 210 valence electrons. The van der Waals surface area contributed by atoms with E-state index < -0.39 is 0 Å². The van der Waals surface area contributed by atoms with Gasteiger partial charge in [-0.3, -0.25) is 4.79 Å². The normalized spacial score (nSPS) is 12.6. The summed E-state index contributed by atoms with van der Waals surface area (Å²) < 4.78 is 12.4. The molecule has 1 N–H and O–H groups in total. The number of nitrogens with zero attached hydrogens (tertiary/aromatic N) is 1. The minimum atomic E-state index is -0.113. The number of benzene rings is 4. The Morgan fingerprint density at radius 1 is 0.786 bits per heavy atom. The number of rotatable bonds is 10. The van der Waals surface area contributed by atoms with Crippen molar-refractivity contribution >= 4 is 34.1 Å². The summed E-state index contributed by atoms with van der Waals surface area (Å²) in [6.45, 7) is 0.884. The summed E-state index contributed by atoms with van der Waals surface area (Å²) in [5, 5.41) is 3.80. The lowest BCUT2D eigenvalue weighted by molar-refractivity contribution is 0.102. The van der Waals surface area contributed by atoms with E-state index in [2.05, 4.69) is 5.32 Å². The van der Waals surface area contributed by atoms with Crippen LogP contribution in [0.3, 0.4) is 0 Å². The van der Waals surface area contributed by atoms with Gasteiger partial charge < -0.3 is 14.8 Å². The number of anilines is 1. The average molecular weight is 573 g/mol. The third kappa shape index (κ3) is 6.78. The topological polar surface area (TPSA) is 59.9 Å². The second kappa shape index (κ2) is 13.3. The summed E-state index contributed by atoms with van der Waals surface area (Å²) in [4.78, 5) is 19.7. The first-order chi connectivity index (χ1) is 20.7. The Morgan fingerprint density at radius 3 is 2.14 bits per heavy atom. The predicted octanol–water partition coefficient (Wildman–Crippen LogP) is 8.79. The first-order valence-electron chi connectivity index (χ1n) is 14.3. The average Bonchev–Trinajstić information content (AvgIpc) is 3.42. The highest BCUT2D eigenvalue weighted by atomic mass is 32.1. The van der Waals surface area contributed by atoms with Crippen LogP contribution in [0.15, 0.2) is 114 Å². The zero-order valence-electron chi connectivity index (χ0n) is 23.3. The highest BCUT2D eigenvalue weighted by Gasteiger charge is 2.25. The molecule has 0 unspecified atom stereocenters. The molecule has 0 spiro atoms. The van der Waals surface area contributed by atoms with Crippen molar-refractivity contribution < 1.29 is 14.3 Å². The summed E-state index contributed by atoms with van der Waals surface area (Å²) in [5.41, 5.74) is 5.58. The lowest BCUT2D eigenvalue weighted by atomic mass is 9.95. The Hall–Kier alpha value is -4.68. The smallest absolute Gasteiger partial charge is 0.259 e. The van der Waals surface area contributed by atoms with Crippen molar-refractivity contribution in [3.8, 4) is 11.5 Å². The molecule has 0 fully saturated rings. The van der Waals surface area contributed by atoms with Crippen molar-refractivity contribution in [2.45, 2.75) is 38.9 Å². The van der Waals surface area contributed by atoms with Crippen molar-refractivity contribution in [1.29, 1.82) is 0 Å². The molecule has 6 heteroatoms. The molecule has 0 aliphatic heterocycles. The highest BCUT2D eigenvalue weighted by molar-refractivity contribution is 7.16. The van der Waals surface area contributed by atoms with E-state index in [4.69, 9.17) is 14.5 Å². The Morgan fingerprint density at radius 2 is 1.43 bits per heavy atom. The lowest BCUT2D eigenvalue weighted by Gasteiger charge is -2.13. The van der Waals surface area contributed by atoms with Crippen LogP contribution in [0, 0.1) is 0 Å². The van der Waals surface area contributed by atoms with Crippen LogP contribution in [0.5, 0.6) is 11.5 Å². The second-order valence-corrected chi connectivity index (χ2v) is 11.3. The van der Waals surface area contributed by atoms with Gasteiger partial charge in [-0.05, 0) is 66.6 Å². The number of carbonyl (C=O) groups is 1. The van der Waals surface area contributed by atoms with Crippen LogP contribution in [-0.2, 0) is 26.1 Å². The van der Waals surface area contributed by atoms with Gasteiger partial charge in [-0.1, -0.05) is 78.9 Å². The molecular weight excluding hydrogens is 540 g/mol. The molecule has 0 saturated carbocycles. The number of amides is 1. The van der Waals surface area contributed by atoms with Gasteiger partial charge in [-0.25, -0.2) is 4.99 Å². The molecule has 1 heterocycles. The fourth-order valence-electron chi connectivity index (χ4n) is 5.03. The Kier molecular flexibility index (Phi) is 8.72. The third-order valence-corrected chi connectivity index (χ3v) is 8.40. The van der Waals surface area contributed by atoms with Crippen LogP contribution in [0.4, 0.5) is 10.7 Å². The number of ether oxygens (including phenoxy) is 2. The number of nitrogens with one attached hydrogen (secondary N) is 1. The molecule has 4 aromatic carbocycles. The molecular formula is C36H32N2O3S. The van der Waals surface area contributed by atoms with E-state index >= 15 is 0 Å². The second-order valence-electron chi connectivity index (χ2n) is 10.2. The molecule has 6 rings (SSSR count). The Bertz CT molecular complexity index is 1660. The molecule has 0 atom stereocenters. The number of aliphatic imine (C=N–C) groups is 1. The standard InChI is InChI=1S/C36H32N2O3S/c39-35(38-29-16-8-3-9-17-29)34-31-18-10-11-19-33(31)42-36(34)37-23-28-20-21-30(40-24-26-12-4-1-5-13-26)22-32(28)41-25-27-14-6-2-7-15-27/h1-9,12-17,20-23H,10-11,18-19,24-25H2,(H,38,39). The number of carbonyl (C=O) groups excluding carboxylic acids is 1. The quantitative estimate of drug-likeness (QED) is 0.170. The van der Waals surface area contributed by atoms with Crippen LogP contribution in [0.2, 0.25) is 0 Å². The molecule has 1 aliphatic carbocycles. The van der Waals surface area contributed by atoms with E-state index in [1.807, 2.05) is 109 Å². The zero-order chi connectivity index (χ0) is 28.6. The van der Waals surface area contributed by atoms with Gasteiger partial charge in [0, 0.05) is 28.4 Å². The molecule has 0 saturated heterocycles. The maximum Gasteiger partial charge on any atom is 0.259 e. The number of hydrogen-bond donors (Lipinski definition) is 1. The molecule has 1 aliphatic rings. The first-order valence-corrected chi connectivity index (χ1v) is 15.1. The maximum absolute atomic E-state index is 13.5. The summed E-state index contributed by atoms with van der Waals surface area (Å²) in [6.07, 6.45) is 5.91. The van der Waals surface area contributed by atoms with Crippen molar-refractivity contribution in [3.05, 3.63) is 142 Å². The third-order valence-electron chi connectivity index (χ3n) is 7.20. The van der Waals surface area contributed by atoms with Gasteiger partial charge in [-0.15, -0.1) is 11.3 Å². The molecule has 42 heavy (non-hydrogen) atoms. The van der Waals surface area contributed by atoms with E-state index in [0.29, 0.717) is 30.3 Å². The molecule has 1 amide bonds. The summed E-state index contributed by atoms with van der Waals surface area (Å²) >= 11 is 1.62. The summed E-state index contributed by atoms with van der Waals surface area (Å²) in [5.74, 6) is 1.27. The monoisotopic (exact) mass is 572 g/mol. The van der Waals surface area contributed by atoms with Crippen LogP contribution in [0.25, 0.3) is 0 Å².